The lowest BCUT2D eigenvalue weighted by atomic mass is 9.70. The molecule has 1 spiro atoms. The van der Waals surface area contributed by atoms with Gasteiger partial charge in [0.05, 0.1) is 43.8 Å². The van der Waals surface area contributed by atoms with E-state index in [4.69, 9.17) is 9.47 Å². The maximum atomic E-state index is 14.1. The number of nitrogens with zero attached hydrogens (tertiary/aromatic N) is 2. The summed E-state index contributed by atoms with van der Waals surface area (Å²) in [5.41, 5.74) is -0.421. The molecule has 6 atom stereocenters. The van der Waals surface area contributed by atoms with Gasteiger partial charge < -0.3 is 30.1 Å². The Hall–Kier alpha value is -2.53. The normalized spacial score (nSPS) is 31.5. The lowest BCUT2D eigenvalue weighted by molar-refractivity contribution is -0.145. The van der Waals surface area contributed by atoms with E-state index in [9.17, 15) is 19.5 Å². The second-order valence-corrected chi connectivity index (χ2v) is 11.4. The van der Waals surface area contributed by atoms with E-state index < -0.39 is 35.6 Å². The van der Waals surface area contributed by atoms with Crippen molar-refractivity contribution in [3.05, 3.63) is 30.3 Å². The predicted octanol–water partition coefficient (Wildman–Crippen LogP) is 0.855. The second-order valence-electron chi connectivity index (χ2n) is 11.4. The third kappa shape index (κ3) is 4.95. The topological polar surface area (TPSA) is 120 Å². The van der Waals surface area contributed by atoms with Crippen LogP contribution in [0.15, 0.2) is 30.3 Å². The number of carbonyl (C=O) groups is 3. The molecule has 0 aliphatic carbocycles. The van der Waals surface area contributed by atoms with Crippen molar-refractivity contribution < 1.29 is 29.0 Å². The summed E-state index contributed by atoms with van der Waals surface area (Å²) < 4.78 is 11.9. The van der Waals surface area contributed by atoms with Crippen molar-refractivity contribution >= 4 is 23.4 Å². The summed E-state index contributed by atoms with van der Waals surface area (Å²) >= 11 is 0. The molecule has 3 N–H and O–H groups in total. The van der Waals surface area contributed by atoms with E-state index in [0.29, 0.717) is 51.3 Å². The Morgan fingerprint density at radius 3 is 2.58 bits per heavy atom. The molecule has 1 aromatic carbocycles. The molecule has 10 nitrogen and oxygen atoms in total. The highest BCUT2D eigenvalue weighted by molar-refractivity contribution is 6.02. The summed E-state index contributed by atoms with van der Waals surface area (Å²) in [6.07, 6.45) is 1.26. The lowest BCUT2D eigenvalue weighted by Gasteiger charge is -2.37. The van der Waals surface area contributed by atoms with Crippen molar-refractivity contribution in [1.29, 1.82) is 0 Å². The molecule has 3 amide bonds. The molecule has 2 unspecified atom stereocenters. The molecular weight excluding hydrogens is 488 g/mol. The molecule has 4 heterocycles. The zero-order chi connectivity index (χ0) is 26.9. The molecule has 0 saturated carbocycles. The van der Waals surface area contributed by atoms with Crippen molar-refractivity contribution in [3.8, 4) is 0 Å². The van der Waals surface area contributed by atoms with Gasteiger partial charge in [-0.25, -0.2) is 0 Å². The van der Waals surface area contributed by atoms with Crippen LogP contribution in [0.25, 0.3) is 0 Å². The van der Waals surface area contributed by atoms with E-state index in [0.717, 1.165) is 13.1 Å². The van der Waals surface area contributed by atoms with Crippen LogP contribution in [0.5, 0.6) is 0 Å². The van der Waals surface area contributed by atoms with Crippen LogP contribution in [0.1, 0.15) is 33.1 Å². The van der Waals surface area contributed by atoms with Crippen LogP contribution in [-0.4, -0.2) is 102 Å². The van der Waals surface area contributed by atoms with Gasteiger partial charge in [0.2, 0.25) is 17.7 Å². The smallest absolute Gasteiger partial charge is 0.245 e. The number of likely N-dealkylation sites (tertiary alicyclic amines) is 1. The van der Waals surface area contributed by atoms with Crippen LogP contribution in [0.3, 0.4) is 0 Å². The monoisotopic (exact) mass is 528 g/mol. The molecule has 4 aliphatic rings. The number of fused-ring (bicyclic) bond motifs is 1. The number of rotatable bonds is 10. The van der Waals surface area contributed by atoms with Gasteiger partial charge in [-0.3, -0.25) is 19.3 Å². The first kappa shape index (κ1) is 27.1. The van der Waals surface area contributed by atoms with Crippen LogP contribution in [0.4, 0.5) is 5.69 Å². The summed E-state index contributed by atoms with van der Waals surface area (Å²) in [4.78, 5) is 45.2. The Morgan fingerprint density at radius 2 is 1.89 bits per heavy atom. The Labute approximate surface area is 224 Å². The number of para-hydroxylation sites is 1. The fourth-order valence-corrected chi connectivity index (χ4v) is 6.91. The van der Waals surface area contributed by atoms with E-state index in [1.54, 1.807) is 17.0 Å². The number of ether oxygens (including phenoxy) is 2. The Balaban J connectivity index is 1.40. The summed E-state index contributed by atoms with van der Waals surface area (Å²) in [7, 11) is 0. The van der Waals surface area contributed by atoms with E-state index in [1.165, 1.54) is 0 Å². The van der Waals surface area contributed by atoms with Gasteiger partial charge in [0.25, 0.3) is 0 Å². The van der Waals surface area contributed by atoms with Crippen LogP contribution in [-0.2, 0) is 23.9 Å². The Bertz CT molecular complexity index is 1020. The average Bonchev–Trinajstić information content (AvgIpc) is 3.55. The summed E-state index contributed by atoms with van der Waals surface area (Å²) in [5.74, 6) is -2.06. The standard InChI is InChI=1S/C28H40N4O6/c1-18(2)16-20(17-33)32-24(26(35)29-10-11-31-12-14-37-15-13-31)28-9-8-21(38-28)22(23(28)27(32)36)25(34)30-19-6-4-3-5-7-19/h3-7,18,20-24,33H,8-17H2,1-2H3,(H,29,35)(H,30,34)/t20-,21-,22+,23+,24?,28?/m1/s1. The minimum absolute atomic E-state index is 0.206. The first-order valence-corrected chi connectivity index (χ1v) is 13.9. The van der Waals surface area contributed by atoms with Gasteiger partial charge >= 0.3 is 0 Å². The molecule has 38 heavy (non-hydrogen) atoms. The molecule has 4 aliphatic heterocycles. The summed E-state index contributed by atoms with van der Waals surface area (Å²) in [5, 5.41) is 16.3. The van der Waals surface area contributed by atoms with E-state index in [1.807, 2.05) is 32.0 Å². The number of aliphatic hydroxyl groups excluding tert-OH is 1. The fraction of sp³-hybridized carbons (Fsp3) is 0.679. The molecule has 4 saturated heterocycles. The fourth-order valence-electron chi connectivity index (χ4n) is 6.91. The van der Waals surface area contributed by atoms with Gasteiger partial charge in [-0.2, -0.15) is 0 Å². The average molecular weight is 529 g/mol. The van der Waals surface area contributed by atoms with Crippen LogP contribution in [0, 0.1) is 17.8 Å². The van der Waals surface area contributed by atoms with Crippen LogP contribution < -0.4 is 10.6 Å². The number of nitrogens with one attached hydrogen (secondary N) is 2. The van der Waals surface area contributed by atoms with Gasteiger partial charge in [0, 0.05) is 31.9 Å². The van der Waals surface area contributed by atoms with Gasteiger partial charge in [-0.05, 0) is 37.3 Å². The first-order chi connectivity index (χ1) is 18.4. The molecule has 0 radical (unpaired) electrons. The summed E-state index contributed by atoms with van der Waals surface area (Å²) in [6.45, 7) is 7.92. The second kappa shape index (κ2) is 11.3. The SMILES string of the molecule is CC(C)C[C@H](CO)N1C(=O)[C@@H]2[C@@H](C(=O)Nc3ccccc3)[C@H]3CCC2(O3)C1C(=O)NCCN1CCOCC1. The van der Waals surface area contributed by atoms with E-state index in [-0.39, 0.29) is 30.2 Å². The number of hydrogen-bond donors (Lipinski definition) is 3. The number of anilines is 1. The minimum Gasteiger partial charge on any atom is -0.394 e. The number of carbonyl (C=O) groups excluding carboxylic acids is 3. The lowest BCUT2D eigenvalue weighted by Crippen LogP contribution is -2.58. The highest BCUT2D eigenvalue weighted by Gasteiger charge is 2.75. The quantitative estimate of drug-likeness (QED) is 0.412. The minimum atomic E-state index is -1.08. The molecule has 2 bridgehead atoms. The number of amides is 3. The zero-order valence-corrected chi connectivity index (χ0v) is 22.3. The maximum absolute atomic E-state index is 14.1. The highest BCUT2D eigenvalue weighted by Crippen LogP contribution is 2.59. The molecular formula is C28H40N4O6. The Morgan fingerprint density at radius 1 is 1.16 bits per heavy atom. The number of morpholine rings is 1. The van der Waals surface area contributed by atoms with Crippen molar-refractivity contribution in [2.45, 2.75) is 56.9 Å². The molecule has 208 valence electrons. The first-order valence-electron chi connectivity index (χ1n) is 13.9. The number of benzene rings is 1. The molecule has 0 aromatic heterocycles. The van der Waals surface area contributed by atoms with Gasteiger partial charge in [-0.15, -0.1) is 0 Å². The number of hydrogen-bond acceptors (Lipinski definition) is 7. The van der Waals surface area contributed by atoms with Gasteiger partial charge in [0.15, 0.2) is 0 Å². The molecule has 5 rings (SSSR count). The van der Waals surface area contributed by atoms with Crippen molar-refractivity contribution in [1.82, 2.24) is 15.1 Å². The maximum Gasteiger partial charge on any atom is 0.245 e. The molecule has 10 heteroatoms. The molecule has 1 aromatic rings. The third-order valence-corrected chi connectivity index (χ3v) is 8.51. The van der Waals surface area contributed by atoms with E-state index >= 15 is 0 Å². The zero-order valence-electron chi connectivity index (χ0n) is 22.3. The Kier molecular flexibility index (Phi) is 8.04. The predicted molar refractivity (Wildman–Crippen MR) is 140 cm³/mol. The van der Waals surface area contributed by atoms with E-state index in [2.05, 4.69) is 15.5 Å². The van der Waals surface area contributed by atoms with Gasteiger partial charge in [0.1, 0.15) is 11.6 Å². The largest absolute Gasteiger partial charge is 0.394 e. The van der Waals surface area contributed by atoms with Crippen molar-refractivity contribution in [2.24, 2.45) is 17.8 Å². The van der Waals surface area contributed by atoms with Crippen LogP contribution in [0.2, 0.25) is 0 Å². The number of aliphatic hydroxyl groups is 1. The van der Waals surface area contributed by atoms with Gasteiger partial charge in [-0.1, -0.05) is 32.0 Å². The third-order valence-electron chi connectivity index (χ3n) is 8.51. The molecule has 4 fully saturated rings. The highest BCUT2D eigenvalue weighted by atomic mass is 16.5. The van der Waals surface area contributed by atoms with Crippen molar-refractivity contribution in [2.75, 3.05) is 51.3 Å². The summed E-state index contributed by atoms with van der Waals surface area (Å²) in [6, 6.07) is 7.74. The van der Waals surface area contributed by atoms with Crippen LogP contribution >= 0.6 is 0 Å². The van der Waals surface area contributed by atoms with Crippen molar-refractivity contribution in [3.63, 3.8) is 0 Å².